The molecule has 17 heavy (non-hydrogen) atoms. The molecular formula is C15H20N2. The number of nitrogens with zero attached hydrogens (tertiary/aromatic N) is 2. The summed E-state index contributed by atoms with van der Waals surface area (Å²) in [6, 6.07) is 10.8. The van der Waals surface area contributed by atoms with Crippen LogP contribution in [0, 0.1) is 17.2 Å². The predicted octanol–water partition coefficient (Wildman–Crippen LogP) is 3.57. The van der Waals surface area contributed by atoms with Crippen molar-refractivity contribution in [3.63, 3.8) is 0 Å². The molecule has 1 aromatic rings. The summed E-state index contributed by atoms with van der Waals surface area (Å²) in [6.07, 6.45) is 5.20. The lowest BCUT2D eigenvalue weighted by Gasteiger charge is -2.35. The summed E-state index contributed by atoms with van der Waals surface area (Å²) < 4.78 is 0. The van der Waals surface area contributed by atoms with Crippen molar-refractivity contribution in [2.24, 2.45) is 5.92 Å². The lowest BCUT2D eigenvalue weighted by molar-refractivity contribution is 0.341. The topological polar surface area (TPSA) is 27.0 Å². The Balaban J connectivity index is 2.08. The second kappa shape index (κ2) is 5.23. The largest absolute Gasteiger partial charge is 0.372 e. The van der Waals surface area contributed by atoms with Gasteiger partial charge in [0, 0.05) is 18.8 Å². The molecule has 0 aromatic heterocycles. The molecule has 0 N–H and O–H groups in total. The first-order valence-electron chi connectivity index (χ1n) is 6.43. The molecule has 0 spiro atoms. The van der Waals surface area contributed by atoms with Crippen LogP contribution in [-0.4, -0.2) is 13.1 Å². The monoisotopic (exact) mass is 228 g/mol. The van der Waals surface area contributed by atoms with E-state index < -0.39 is 0 Å². The Morgan fingerprint density at radius 3 is 2.59 bits per heavy atom. The van der Waals surface area contributed by atoms with Gasteiger partial charge < -0.3 is 4.90 Å². The van der Waals surface area contributed by atoms with Crippen molar-refractivity contribution < 1.29 is 0 Å². The van der Waals surface area contributed by atoms with Crippen molar-refractivity contribution in [3.05, 3.63) is 29.8 Å². The van der Waals surface area contributed by atoms with Gasteiger partial charge in [-0.3, -0.25) is 0 Å². The summed E-state index contributed by atoms with van der Waals surface area (Å²) in [4.78, 5) is 2.34. The van der Waals surface area contributed by atoms with E-state index in [0.717, 1.165) is 11.5 Å². The number of hydrogen-bond acceptors (Lipinski definition) is 2. The van der Waals surface area contributed by atoms with Crippen LogP contribution >= 0.6 is 0 Å². The molecule has 0 unspecified atom stereocenters. The number of benzene rings is 1. The first kappa shape index (κ1) is 12.0. The van der Waals surface area contributed by atoms with Gasteiger partial charge in [0.25, 0.3) is 0 Å². The van der Waals surface area contributed by atoms with Gasteiger partial charge in [-0.2, -0.15) is 5.26 Å². The second-order valence-corrected chi connectivity index (χ2v) is 5.19. The maximum atomic E-state index is 8.92. The van der Waals surface area contributed by atoms with Gasteiger partial charge in [-0.05, 0) is 49.8 Å². The zero-order valence-electron chi connectivity index (χ0n) is 10.7. The number of anilines is 1. The quantitative estimate of drug-likeness (QED) is 0.773. The van der Waals surface area contributed by atoms with Gasteiger partial charge in [0.2, 0.25) is 0 Å². The van der Waals surface area contributed by atoms with Crippen molar-refractivity contribution >= 4 is 5.69 Å². The molecule has 1 saturated carbocycles. The summed E-state index contributed by atoms with van der Waals surface area (Å²) in [5.74, 6) is 0.880. The zero-order valence-corrected chi connectivity index (χ0v) is 10.7. The van der Waals surface area contributed by atoms with Crippen LogP contribution in [0.5, 0.6) is 0 Å². The molecule has 1 aliphatic rings. The lowest BCUT2D eigenvalue weighted by atomic mass is 9.86. The fraction of sp³-hybridized carbons (Fsp3) is 0.533. The molecule has 0 atom stereocenters. The maximum absolute atomic E-state index is 8.92. The van der Waals surface area contributed by atoms with Crippen LogP contribution in [-0.2, 0) is 0 Å². The number of nitriles is 1. The van der Waals surface area contributed by atoms with Crippen molar-refractivity contribution in [3.8, 4) is 6.07 Å². The van der Waals surface area contributed by atoms with E-state index in [2.05, 4.69) is 31.0 Å². The smallest absolute Gasteiger partial charge is 0.0992 e. The average molecular weight is 228 g/mol. The maximum Gasteiger partial charge on any atom is 0.0992 e. The van der Waals surface area contributed by atoms with Gasteiger partial charge in [-0.15, -0.1) is 0 Å². The Kier molecular flexibility index (Phi) is 3.68. The number of rotatable bonds is 2. The molecule has 0 amide bonds. The van der Waals surface area contributed by atoms with Crippen molar-refractivity contribution in [2.45, 2.75) is 38.6 Å². The van der Waals surface area contributed by atoms with Crippen LogP contribution in [0.15, 0.2) is 24.3 Å². The fourth-order valence-electron chi connectivity index (χ4n) is 2.64. The van der Waals surface area contributed by atoms with Gasteiger partial charge in [-0.25, -0.2) is 0 Å². The third-order valence-electron chi connectivity index (χ3n) is 3.92. The zero-order chi connectivity index (χ0) is 12.3. The van der Waals surface area contributed by atoms with E-state index >= 15 is 0 Å². The Morgan fingerprint density at radius 1 is 1.24 bits per heavy atom. The molecule has 0 heterocycles. The van der Waals surface area contributed by atoms with E-state index in [-0.39, 0.29) is 0 Å². The van der Waals surface area contributed by atoms with Crippen LogP contribution in [0.4, 0.5) is 5.69 Å². The van der Waals surface area contributed by atoms with Crippen molar-refractivity contribution in [1.82, 2.24) is 0 Å². The predicted molar refractivity (Wildman–Crippen MR) is 71.0 cm³/mol. The molecule has 90 valence electrons. The van der Waals surface area contributed by atoms with Gasteiger partial charge >= 0.3 is 0 Å². The SMILES string of the molecule is CC1CCC(N(C)c2cccc(C#N)c2)CC1. The molecule has 2 nitrogen and oxygen atoms in total. The molecule has 0 bridgehead atoms. The van der Waals surface area contributed by atoms with Crippen LogP contribution in [0.1, 0.15) is 38.2 Å². The van der Waals surface area contributed by atoms with Gasteiger partial charge in [0.15, 0.2) is 0 Å². The molecular weight excluding hydrogens is 208 g/mol. The minimum atomic E-state index is 0.639. The van der Waals surface area contributed by atoms with Crippen LogP contribution < -0.4 is 4.90 Å². The van der Waals surface area contributed by atoms with E-state index in [0.29, 0.717) is 6.04 Å². The first-order chi connectivity index (χ1) is 8.20. The molecule has 2 rings (SSSR count). The molecule has 0 aliphatic heterocycles. The summed E-state index contributed by atoms with van der Waals surface area (Å²) in [5, 5.41) is 8.92. The van der Waals surface area contributed by atoms with Gasteiger partial charge in [-0.1, -0.05) is 13.0 Å². The Morgan fingerprint density at radius 2 is 1.94 bits per heavy atom. The highest BCUT2D eigenvalue weighted by atomic mass is 15.1. The van der Waals surface area contributed by atoms with E-state index in [9.17, 15) is 0 Å². The van der Waals surface area contributed by atoms with Crippen LogP contribution in [0.25, 0.3) is 0 Å². The lowest BCUT2D eigenvalue weighted by Crippen LogP contribution is -2.34. The molecule has 0 saturated heterocycles. The normalized spacial score (nSPS) is 24.1. The van der Waals surface area contributed by atoms with E-state index in [1.54, 1.807) is 0 Å². The highest BCUT2D eigenvalue weighted by Gasteiger charge is 2.21. The summed E-state index contributed by atoms with van der Waals surface area (Å²) >= 11 is 0. The Hall–Kier alpha value is -1.49. The highest BCUT2D eigenvalue weighted by Crippen LogP contribution is 2.29. The molecule has 0 radical (unpaired) electrons. The minimum Gasteiger partial charge on any atom is -0.372 e. The Labute approximate surface area is 104 Å². The standard InChI is InChI=1S/C15H20N2/c1-12-6-8-14(9-7-12)17(2)15-5-3-4-13(10-15)11-16/h3-5,10,12,14H,6-9H2,1-2H3. The van der Waals surface area contributed by atoms with E-state index in [1.807, 2.05) is 18.2 Å². The second-order valence-electron chi connectivity index (χ2n) is 5.19. The third-order valence-corrected chi connectivity index (χ3v) is 3.92. The van der Waals surface area contributed by atoms with Gasteiger partial charge in [0.05, 0.1) is 11.6 Å². The summed E-state index contributed by atoms with van der Waals surface area (Å²) in [7, 11) is 2.15. The van der Waals surface area contributed by atoms with Crippen molar-refractivity contribution in [1.29, 1.82) is 5.26 Å². The van der Waals surface area contributed by atoms with Crippen LogP contribution in [0.3, 0.4) is 0 Å². The summed E-state index contributed by atoms with van der Waals surface area (Å²) in [6.45, 7) is 2.34. The summed E-state index contributed by atoms with van der Waals surface area (Å²) in [5.41, 5.74) is 1.92. The van der Waals surface area contributed by atoms with Crippen LogP contribution in [0.2, 0.25) is 0 Å². The van der Waals surface area contributed by atoms with E-state index in [4.69, 9.17) is 5.26 Å². The molecule has 1 aromatic carbocycles. The third kappa shape index (κ3) is 2.79. The molecule has 1 fully saturated rings. The molecule has 1 aliphatic carbocycles. The van der Waals surface area contributed by atoms with Gasteiger partial charge in [0.1, 0.15) is 0 Å². The Bertz CT molecular complexity index is 411. The highest BCUT2D eigenvalue weighted by molar-refractivity contribution is 5.51. The first-order valence-corrected chi connectivity index (χ1v) is 6.43. The number of hydrogen-bond donors (Lipinski definition) is 0. The molecule has 2 heteroatoms. The minimum absolute atomic E-state index is 0.639. The van der Waals surface area contributed by atoms with E-state index in [1.165, 1.54) is 31.4 Å². The fourth-order valence-corrected chi connectivity index (χ4v) is 2.64. The van der Waals surface area contributed by atoms with Crippen molar-refractivity contribution in [2.75, 3.05) is 11.9 Å². The average Bonchev–Trinajstić information content (AvgIpc) is 2.39.